The van der Waals surface area contributed by atoms with Crippen LogP contribution in [-0.4, -0.2) is 12.6 Å². The summed E-state index contributed by atoms with van der Waals surface area (Å²) in [7, 11) is 0. The molecule has 0 amide bonds. The lowest BCUT2D eigenvalue weighted by molar-refractivity contribution is 0.309. The van der Waals surface area contributed by atoms with E-state index in [1.165, 1.54) is 12.8 Å². The van der Waals surface area contributed by atoms with Gasteiger partial charge < -0.3 is 5.32 Å². The lowest BCUT2D eigenvalue weighted by Gasteiger charge is -2.25. The molecule has 0 heterocycles. The zero-order valence-electron chi connectivity index (χ0n) is 9.69. The molecule has 1 nitrogen and oxygen atoms in total. The predicted octanol–water partition coefficient (Wildman–Crippen LogP) is 3.37. The first-order chi connectivity index (χ1) is 6.02. The van der Waals surface area contributed by atoms with Crippen molar-refractivity contribution in [2.75, 3.05) is 6.54 Å². The lowest BCUT2D eigenvalue weighted by Crippen LogP contribution is -2.35. The van der Waals surface area contributed by atoms with Crippen LogP contribution in [0.5, 0.6) is 0 Å². The average molecular weight is 183 g/mol. The molecule has 78 valence electrons. The van der Waals surface area contributed by atoms with E-state index in [-0.39, 0.29) is 0 Å². The van der Waals surface area contributed by atoms with Crippen molar-refractivity contribution in [3.05, 3.63) is 12.7 Å². The van der Waals surface area contributed by atoms with Gasteiger partial charge in [-0.2, -0.15) is 0 Å². The normalized spacial score (nSPS) is 14.2. The van der Waals surface area contributed by atoms with Gasteiger partial charge in [0, 0.05) is 12.6 Å². The monoisotopic (exact) mass is 183 g/mol. The van der Waals surface area contributed by atoms with E-state index in [0.717, 1.165) is 13.0 Å². The Kier molecular flexibility index (Phi) is 6.06. The summed E-state index contributed by atoms with van der Waals surface area (Å²) in [5.74, 6) is 0. The number of nitrogens with one attached hydrogen (secondary N) is 1. The van der Waals surface area contributed by atoms with Crippen LogP contribution in [0.25, 0.3) is 0 Å². The van der Waals surface area contributed by atoms with Gasteiger partial charge in [0.2, 0.25) is 0 Å². The molecule has 0 aromatic heterocycles. The molecule has 0 saturated carbocycles. The minimum atomic E-state index is 0.433. The van der Waals surface area contributed by atoms with Crippen molar-refractivity contribution in [3.8, 4) is 0 Å². The Morgan fingerprint density at radius 3 is 2.54 bits per heavy atom. The second kappa shape index (κ2) is 6.20. The minimum Gasteiger partial charge on any atom is -0.314 e. The molecule has 1 N–H and O–H groups in total. The van der Waals surface area contributed by atoms with Crippen molar-refractivity contribution in [2.24, 2.45) is 5.41 Å². The van der Waals surface area contributed by atoms with E-state index in [9.17, 15) is 0 Å². The van der Waals surface area contributed by atoms with Crippen molar-refractivity contribution < 1.29 is 0 Å². The smallest absolute Gasteiger partial charge is 0.00419 e. The Bertz CT molecular complexity index is 138. The van der Waals surface area contributed by atoms with E-state index in [2.05, 4.69) is 39.6 Å². The molecule has 0 fully saturated rings. The van der Waals surface area contributed by atoms with Gasteiger partial charge in [-0.15, -0.1) is 6.58 Å². The van der Waals surface area contributed by atoms with Crippen molar-refractivity contribution >= 4 is 0 Å². The number of rotatable bonds is 7. The van der Waals surface area contributed by atoms with Crippen LogP contribution in [0.2, 0.25) is 0 Å². The van der Waals surface area contributed by atoms with E-state index in [1.54, 1.807) is 0 Å². The van der Waals surface area contributed by atoms with Crippen molar-refractivity contribution in [3.63, 3.8) is 0 Å². The van der Waals surface area contributed by atoms with Gasteiger partial charge in [-0.25, -0.2) is 0 Å². The fourth-order valence-electron chi connectivity index (χ4n) is 1.05. The molecule has 0 aromatic carbocycles. The van der Waals surface area contributed by atoms with Gasteiger partial charge in [-0.05, 0) is 31.6 Å². The molecule has 0 bridgehead atoms. The molecule has 1 unspecified atom stereocenters. The van der Waals surface area contributed by atoms with E-state index in [1.807, 2.05) is 6.08 Å². The first-order valence-electron chi connectivity index (χ1n) is 5.36. The minimum absolute atomic E-state index is 0.433. The molecular weight excluding hydrogens is 158 g/mol. The molecule has 1 heteroatoms. The molecule has 13 heavy (non-hydrogen) atoms. The van der Waals surface area contributed by atoms with Gasteiger partial charge in [0.1, 0.15) is 0 Å². The zero-order chi connectivity index (χ0) is 10.3. The van der Waals surface area contributed by atoms with Gasteiger partial charge in [-0.1, -0.05) is 26.8 Å². The fourth-order valence-corrected chi connectivity index (χ4v) is 1.05. The Balaban J connectivity index is 3.56. The molecule has 0 aromatic rings. The van der Waals surface area contributed by atoms with E-state index in [4.69, 9.17) is 0 Å². The second-order valence-corrected chi connectivity index (χ2v) is 4.67. The SMILES string of the molecule is C=CCCC(C)NCC(C)(C)CC. The topological polar surface area (TPSA) is 12.0 Å². The molecular formula is C12H25N. The van der Waals surface area contributed by atoms with Gasteiger partial charge in [0.25, 0.3) is 0 Å². The summed E-state index contributed by atoms with van der Waals surface area (Å²) in [6, 6.07) is 0.615. The largest absolute Gasteiger partial charge is 0.314 e. The highest BCUT2D eigenvalue weighted by molar-refractivity contribution is 4.75. The highest BCUT2D eigenvalue weighted by Crippen LogP contribution is 2.18. The van der Waals surface area contributed by atoms with Crippen molar-refractivity contribution in [1.29, 1.82) is 0 Å². The molecule has 0 rings (SSSR count). The molecule has 0 aliphatic heterocycles. The Hall–Kier alpha value is -0.300. The van der Waals surface area contributed by atoms with Gasteiger partial charge in [0.05, 0.1) is 0 Å². The van der Waals surface area contributed by atoms with Crippen molar-refractivity contribution in [1.82, 2.24) is 5.32 Å². The number of hydrogen-bond donors (Lipinski definition) is 1. The highest BCUT2D eigenvalue weighted by atomic mass is 14.9. The fraction of sp³-hybridized carbons (Fsp3) is 0.833. The van der Waals surface area contributed by atoms with E-state index >= 15 is 0 Å². The Morgan fingerprint density at radius 2 is 2.08 bits per heavy atom. The van der Waals surface area contributed by atoms with E-state index < -0.39 is 0 Å². The summed E-state index contributed by atoms with van der Waals surface area (Å²) in [6.07, 6.45) is 5.53. The summed E-state index contributed by atoms with van der Waals surface area (Å²) in [6.45, 7) is 13.9. The van der Waals surface area contributed by atoms with E-state index in [0.29, 0.717) is 11.5 Å². The quantitative estimate of drug-likeness (QED) is 0.597. The summed E-state index contributed by atoms with van der Waals surface area (Å²) in [4.78, 5) is 0. The van der Waals surface area contributed by atoms with Crippen LogP contribution in [0.15, 0.2) is 12.7 Å². The van der Waals surface area contributed by atoms with Crippen molar-refractivity contribution in [2.45, 2.75) is 53.0 Å². The van der Waals surface area contributed by atoms with Crippen LogP contribution < -0.4 is 5.32 Å². The summed E-state index contributed by atoms with van der Waals surface area (Å²) in [5, 5.41) is 3.56. The molecule has 0 spiro atoms. The molecule has 0 aliphatic rings. The first kappa shape index (κ1) is 12.7. The van der Waals surface area contributed by atoms with Crippen LogP contribution in [0.4, 0.5) is 0 Å². The van der Waals surface area contributed by atoms with Gasteiger partial charge in [-0.3, -0.25) is 0 Å². The maximum absolute atomic E-state index is 3.73. The first-order valence-corrected chi connectivity index (χ1v) is 5.36. The molecule has 0 aliphatic carbocycles. The number of allylic oxidation sites excluding steroid dienone is 1. The summed E-state index contributed by atoms with van der Waals surface area (Å²) >= 11 is 0. The summed E-state index contributed by atoms with van der Waals surface area (Å²) < 4.78 is 0. The van der Waals surface area contributed by atoms with Crippen LogP contribution in [-0.2, 0) is 0 Å². The van der Waals surface area contributed by atoms with Crippen LogP contribution in [0.3, 0.4) is 0 Å². The highest BCUT2D eigenvalue weighted by Gasteiger charge is 2.15. The maximum atomic E-state index is 3.73. The average Bonchev–Trinajstić information content (AvgIpc) is 2.11. The lowest BCUT2D eigenvalue weighted by atomic mass is 9.90. The number of hydrogen-bond acceptors (Lipinski definition) is 1. The van der Waals surface area contributed by atoms with Gasteiger partial charge in [0.15, 0.2) is 0 Å². The standard InChI is InChI=1S/C12H25N/c1-6-8-9-11(3)13-10-12(4,5)7-2/h6,11,13H,1,7-10H2,2-5H3. The Morgan fingerprint density at radius 1 is 1.46 bits per heavy atom. The molecule has 0 radical (unpaired) electrons. The second-order valence-electron chi connectivity index (χ2n) is 4.67. The third-order valence-electron chi connectivity index (χ3n) is 2.69. The van der Waals surface area contributed by atoms with Crippen LogP contribution in [0, 0.1) is 5.41 Å². The predicted molar refractivity (Wildman–Crippen MR) is 61.0 cm³/mol. The van der Waals surface area contributed by atoms with Crippen LogP contribution >= 0.6 is 0 Å². The third-order valence-corrected chi connectivity index (χ3v) is 2.69. The Labute approximate surface area is 83.6 Å². The summed E-state index contributed by atoms with van der Waals surface area (Å²) in [5.41, 5.74) is 0.433. The zero-order valence-corrected chi connectivity index (χ0v) is 9.69. The van der Waals surface area contributed by atoms with Crippen LogP contribution in [0.1, 0.15) is 47.0 Å². The van der Waals surface area contributed by atoms with Gasteiger partial charge >= 0.3 is 0 Å². The third kappa shape index (κ3) is 6.83. The molecule has 0 saturated heterocycles. The molecule has 1 atom stereocenters. The maximum Gasteiger partial charge on any atom is 0.00419 e.